The number of hydrogen-bond acceptors (Lipinski definition) is 4. The summed E-state index contributed by atoms with van der Waals surface area (Å²) in [5.74, 6) is -2.74. The lowest BCUT2D eigenvalue weighted by Gasteiger charge is -2.39. The quantitative estimate of drug-likeness (QED) is 0.0479. The van der Waals surface area contributed by atoms with Gasteiger partial charge in [-0.3, -0.25) is 9.59 Å². The summed E-state index contributed by atoms with van der Waals surface area (Å²) in [6.45, 7) is 4.87. The molecule has 41 heavy (non-hydrogen) atoms. The molecule has 0 spiro atoms. The van der Waals surface area contributed by atoms with E-state index in [4.69, 9.17) is 10.2 Å². The number of unbranched alkanes of at least 4 members (excludes halogenated alkanes) is 17. The second-order valence-electron chi connectivity index (χ2n) is 12.1. The highest BCUT2D eigenvalue weighted by molar-refractivity contribution is 5.66. The molecule has 0 aliphatic heterocycles. The Balaban J connectivity index is 4.04. The van der Waals surface area contributed by atoms with Crippen molar-refractivity contribution < 1.29 is 34.2 Å². The largest absolute Gasteiger partial charge is 0.550 e. The summed E-state index contributed by atoms with van der Waals surface area (Å²) < 4.78 is 0.616. The molecule has 0 radical (unpaired) electrons. The monoisotopic (exact) mass is 581 g/mol. The van der Waals surface area contributed by atoms with Crippen molar-refractivity contribution >= 4 is 17.9 Å². The van der Waals surface area contributed by atoms with Gasteiger partial charge in [-0.1, -0.05) is 102 Å². The molecule has 0 aliphatic rings. The first kappa shape index (κ1) is 39.1. The molecule has 0 saturated carbocycles. The van der Waals surface area contributed by atoms with E-state index in [0.29, 0.717) is 43.4 Å². The summed E-state index contributed by atoms with van der Waals surface area (Å²) >= 11 is 0. The van der Waals surface area contributed by atoms with E-state index in [1.165, 1.54) is 103 Å². The van der Waals surface area contributed by atoms with Crippen molar-refractivity contribution in [2.45, 2.75) is 161 Å². The van der Waals surface area contributed by atoms with E-state index in [2.05, 4.69) is 19.1 Å². The van der Waals surface area contributed by atoms with E-state index in [1.54, 1.807) is 0 Å². The minimum Gasteiger partial charge on any atom is -0.550 e. The number of aliphatic carboxylic acids is 3. The highest BCUT2D eigenvalue weighted by Crippen LogP contribution is 2.19. The number of carboxylic acids is 3. The fourth-order valence-electron chi connectivity index (χ4n) is 5.89. The average molecular weight is 582 g/mol. The molecule has 0 aromatic rings. The number of rotatable bonds is 32. The lowest BCUT2D eigenvalue weighted by Crippen LogP contribution is -2.51. The van der Waals surface area contributed by atoms with Gasteiger partial charge in [0.1, 0.15) is 0 Å². The number of carbonyl (C=O) groups excluding carboxylic acids is 1. The van der Waals surface area contributed by atoms with Crippen LogP contribution in [0, 0.1) is 0 Å². The van der Waals surface area contributed by atoms with E-state index in [1.807, 2.05) is 0 Å². The summed E-state index contributed by atoms with van der Waals surface area (Å²) in [7, 11) is 0. The fourth-order valence-corrected chi connectivity index (χ4v) is 5.89. The zero-order valence-electron chi connectivity index (χ0n) is 26.4. The van der Waals surface area contributed by atoms with Crippen LogP contribution in [0.5, 0.6) is 0 Å². The van der Waals surface area contributed by atoms with Gasteiger partial charge >= 0.3 is 11.9 Å². The molecule has 0 bridgehead atoms. The number of quaternary nitrogens is 1. The predicted molar refractivity (Wildman–Crippen MR) is 166 cm³/mol. The van der Waals surface area contributed by atoms with E-state index >= 15 is 0 Å². The molecule has 0 aromatic heterocycles. The Bertz CT molecular complexity index is 628. The molecule has 0 atom stereocenters. The normalized spacial score (nSPS) is 11.8. The van der Waals surface area contributed by atoms with Crippen LogP contribution in [0.2, 0.25) is 0 Å². The van der Waals surface area contributed by atoms with Crippen LogP contribution in [-0.4, -0.2) is 58.8 Å². The third-order valence-corrected chi connectivity index (χ3v) is 8.30. The number of carboxylic acid groups (broad SMARTS) is 3. The molecule has 0 aliphatic carbocycles. The lowest BCUT2D eigenvalue weighted by molar-refractivity contribution is -0.929. The third kappa shape index (κ3) is 28.0. The summed E-state index contributed by atoms with van der Waals surface area (Å²) in [6.07, 6.45) is 29.5. The third-order valence-electron chi connectivity index (χ3n) is 8.30. The van der Waals surface area contributed by atoms with Crippen LogP contribution >= 0.6 is 0 Å². The predicted octanol–water partition coefficient (Wildman–Crippen LogP) is 7.66. The van der Waals surface area contributed by atoms with E-state index in [9.17, 15) is 19.5 Å². The van der Waals surface area contributed by atoms with Crippen LogP contribution in [0.4, 0.5) is 0 Å². The molecule has 0 rings (SSSR count). The Morgan fingerprint density at radius 3 is 1.17 bits per heavy atom. The number of allylic oxidation sites excluding steroid dienone is 2. The van der Waals surface area contributed by atoms with Gasteiger partial charge in [-0.15, -0.1) is 0 Å². The van der Waals surface area contributed by atoms with E-state index in [-0.39, 0.29) is 19.3 Å². The lowest BCUT2D eigenvalue weighted by atomic mass is 10.0. The molecule has 0 fully saturated rings. The Morgan fingerprint density at radius 2 is 0.829 bits per heavy atom. The van der Waals surface area contributed by atoms with Crippen molar-refractivity contribution in [2.75, 3.05) is 26.2 Å². The fraction of sp³-hybridized carbons (Fsp3) is 0.853. The van der Waals surface area contributed by atoms with Crippen LogP contribution in [0.25, 0.3) is 0 Å². The Morgan fingerprint density at radius 1 is 0.512 bits per heavy atom. The van der Waals surface area contributed by atoms with E-state index in [0.717, 1.165) is 19.4 Å². The standard InChI is InChI=1S/C34H63NO6/c1-2-3-4-5-6-7-8-9-10-11-12-13-14-15-16-17-18-19-20-21-28-35(29-22-25-32(36)37,30-23-26-33(38)39)31-24-27-34(40)41/h2-3H,4-31H2,1H3,(H2-,36,37,38,39,40,41)/b3-2+. The van der Waals surface area contributed by atoms with Crippen LogP contribution in [0.3, 0.4) is 0 Å². The maximum atomic E-state index is 11.1. The first-order valence-electron chi connectivity index (χ1n) is 16.9. The van der Waals surface area contributed by atoms with Crippen molar-refractivity contribution in [1.82, 2.24) is 0 Å². The first-order chi connectivity index (χ1) is 19.8. The molecule has 0 aromatic carbocycles. The zero-order valence-corrected chi connectivity index (χ0v) is 26.4. The van der Waals surface area contributed by atoms with Gasteiger partial charge < -0.3 is 24.6 Å². The number of hydrogen-bond donors (Lipinski definition) is 2. The molecule has 240 valence electrons. The number of nitrogens with zero attached hydrogens (tertiary/aromatic N) is 1. The first-order valence-corrected chi connectivity index (χ1v) is 16.9. The van der Waals surface area contributed by atoms with Gasteiger partial charge in [0.2, 0.25) is 0 Å². The maximum absolute atomic E-state index is 11.1. The molecule has 0 heterocycles. The number of carbonyl (C=O) groups is 3. The van der Waals surface area contributed by atoms with Gasteiger partial charge in [-0.2, -0.15) is 0 Å². The molecular formula is C34H63NO6. The van der Waals surface area contributed by atoms with Gasteiger partial charge in [-0.05, 0) is 39.0 Å². The molecule has 7 heteroatoms. The van der Waals surface area contributed by atoms with Crippen LogP contribution < -0.4 is 5.11 Å². The Labute approximate surface area is 251 Å². The summed E-state index contributed by atoms with van der Waals surface area (Å²) in [4.78, 5) is 33.1. The van der Waals surface area contributed by atoms with Gasteiger partial charge in [0.05, 0.1) is 39.0 Å². The van der Waals surface area contributed by atoms with E-state index < -0.39 is 17.9 Å². The zero-order chi connectivity index (χ0) is 30.4. The van der Waals surface area contributed by atoms with Crippen molar-refractivity contribution in [3.63, 3.8) is 0 Å². The summed E-state index contributed by atoms with van der Waals surface area (Å²) in [5.41, 5.74) is 0. The van der Waals surface area contributed by atoms with Gasteiger partial charge in [-0.25, -0.2) is 0 Å². The molecule has 0 saturated heterocycles. The van der Waals surface area contributed by atoms with Gasteiger partial charge in [0.15, 0.2) is 0 Å². The highest BCUT2D eigenvalue weighted by atomic mass is 16.4. The Kier molecular flexibility index (Phi) is 26.9. The minimum atomic E-state index is -1.07. The smallest absolute Gasteiger partial charge is 0.303 e. The van der Waals surface area contributed by atoms with Gasteiger partial charge in [0, 0.05) is 25.2 Å². The van der Waals surface area contributed by atoms with Crippen molar-refractivity contribution in [2.24, 2.45) is 0 Å². The maximum Gasteiger partial charge on any atom is 0.303 e. The second kappa shape index (κ2) is 28.2. The summed E-state index contributed by atoms with van der Waals surface area (Å²) in [6, 6.07) is 0. The van der Waals surface area contributed by atoms with Crippen molar-refractivity contribution in [3.8, 4) is 0 Å². The molecule has 0 amide bonds. The van der Waals surface area contributed by atoms with Crippen LogP contribution in [0.15, 0.2) is 12.2 Å². The molecule has 2 N–H and O–H groups in total. The topological polar surface area (TPSA) is 115 Å². The van der Waals surface area contributed by atoms with Crippen molar-refractivity contribution in [3.05, 3.63) is 12.2 Å². The summed E-state index contributed by atoms with van der Waals surface area (Å²) in [5, 5.41) is 29.1. The molecular weight excluding hydrogens is 518 g/mol. The van der Waals surface area contributed by atoms with Crippen molar-refractivity contribution in [1.29, 1.82) is 0 Å². The van der Waals surface area contributed by atoms with Gasteiger partial charge in [0.25, 0.3) is 0 Å². The molecule has 0 unspecified atom stereocenters. The molecule has 7 nitrogen and oxygen atoms in total. The minimum absolute atomic E-state index is 0.0184. The highest BCUT2D eigenvalue weighted by Gasteiger charge is 2.26. The second-order valence-corrected chi connectivity index (χ2v) is 12.1. The average Bonchev–Trinajstić information content (AvgIpc) is 2.91. The van der Waals surface area contributed by atoms with Crippen LogP contribution in [-0.2, 0) is 14.4 Å². The van der Waals surface area contributed by atoms with Crippen LogP contribution in [0.1, 0.15) is 161 Å². The Hall–Kier alpha value is -1.89. The SMILES string of the molecule is C/C=C/CCCCCCCCCCCCCCCCCCC[N+](CCCC(=O)[O-])(CCCC(=O)O)CCCC(=O)O.